The quantitative estimate of drug-likeness (QED) is 0.418. The number of hydrogen-bond acceptors (Lipinski definition) is 6. The van der Waals surface area contributed by atoms with Crippen LogP contribution >= 0.6 is 0 Å². The molecule has 13 heteroatoms. The third-order valence-electron chi connectivity index (χ3n) is 5.27. The summed E-state index contributed by atoms with van der Waals surface area (Å²) >= 11 is 0. The zero-order chi connectivity index (χ0) is 23.9. The number of aromatic nitrogens is 8. The lowest BCUT2D eigenvalue weighted by Crippen LogP contribution is -2.23. The Hall–Kier alpha value is -4.29. The predicted octanol–water partition coefficient (Wildman–Crippen LogP) is 2.64. The summed E-state index contributed by atoms with van der Waals surface area (Å²) in [4.78, 5) is 35.7. The van der Waals surface area contributed by atoms with Crippen LogP contribution in [0.25, 0.3) is 27.8 Å². The number of fused-ring (bicyclic) bond motifs is 2. The van der Waals surface area contributed by atoms with E-state index in [1.54, 1.807) is 16.9 Å². The third kappa shape index (κ3) is 4.44. The van der Waals surface area contributed by atoms with Crippen molar-refractivity contribution in [3.63, 3.8) is 0 Å². The molecular weight excluding hydrogens is 453 g/mol. The summed E-state index contributed by atoms with van der Waals surface area (Å²) in [6, 6.07) is 3.40. The molecule has 0 spiro atoms. The van der Waals surface area contributed by atoms with Gasteiger partial charge in [0.1, 0.15) is 6.54 Å². The molecule has 1 saturated carbocycles. The number of nitrogens with one attached hydrogen (secondary N) is 2. The van der Waals surface area contributed by atoms with Gasteiger partial charge in [-0.15, -0.1) is 0 Å². The van der Waals surface area contributed by atoms with E-state index in [2.05, 4.69) is 30.1 Å². The highest BCUT2D eigenvalue weighted by Crippen LogP contribution is 2.42. The molecule has 0 unspecified atom stereocenters. The number of halogens is 3. The Bertz CT molecular complexity index is 1590. The van der Waals surface area contributed by atoms with E-state index in [-0.39, 0.29) is 0 Å². The largest absolute Gasteiger partial charge is 0.408 e. The molecule has 0 aliphatic heterocycles. The summed E-state index contributed by atoms with van der Waals surface area (Å²) in [5.41, 5.74) is 2.30. The van der Waals surface area contributed by atoms with Crippen LogP contribution in [0.5, 0.6) is 0 Å². The van der Waals surface area contributed by atoms with Crippen molar-refractivity contribution in [2.24, 2.45) is 0 Å². The minimum absolute atomic E-state index is 0.349. The zero-order valence-electron chi connectivity index (χ0n) is 17.5. The molecule has 10 nitrogen and oxygen atoms in total. The second kappa shape index (κ2) is 8.24. The molecular formula is C21H17F3N8O2. The molecule has 0 bridgehead atoms. The molecule has 1 aliphatic rings. The summed E-state index contributed by atoms with van der Waals surface area (Å²) in [6.45, 7) is -1.07. The van der Waals surface area contributed by atoms with Crippen LogP contribution in [0, 0.1) is 0 Å². The van der Waals surface area contributed by atoms with E-state index in [9.17, 15) is 22.8 Å². The average molecular weight is 470 g/mol. The SMILES string of the molecule is FC(F)(F)Cn1ncc2cnccc21.O=c1[nH]cc(-c2cc(C3CC3)c3nccn3n2)c(=O)[nH]1. The molecule has 5 aromatic heterocycles. The van der Waals surface area contributed by atoms with Crippen molar-refractivity contribution in [1.82, 2.24) is 39.3 Å². The maximum atomic E-state index is 12.1. The lowest BCUT2D eigenvalue weighted by atomic mass is 10.1. The van der Waals surface area contributed by atoms with Gasteiger partial charge in [-0.3, -0.25) is 19.4 Å². The van der Waals surface area contributed by atoms with Crippen LogP contribution in [0.15, 0.2) is 58.9 Å². The molecule has 0 radical (unpaired) electrons. The topological polar surface area (TPSA) is 127 Å². The molecule has 174 valence electrons. The van der Waals surface area contributed by atoms with Crippen molar-refractivity contribution in [2.75, 3.05) is 0 Å². The van der Waals surface area contributed by atoms with Gasteiger partial charge in [-0.25, -0.2) is 14.3 Å². The van der Waals surface area contributed by atoms with Crippen LogP contribution in [0.3, 0.4) is 0 Å². The van der Waals surface area contributed by atoms with Crippen molar-refractivity contribution < 1.29 is 13.2 Å². The van der Waals surface area contributed by atoms with E-state index in [1.165, 1.54) is 30.9 Å². The van der Waals surface area contributed by atoms with Crippen molar-refractivity contribution in [1.29, 1.82) is 0 Å². The Morgan fingerprint density at radius 1 is 1.15 bits per heavy atom. The molecule has 2 N–H and O–H groups in total. The minimum atomic E-state index is -4.25. The van der Waals surface area contributed by atoms with Gasteiger partial charge >= 0.3 is 11.9 Å². The Morgan fingerprint density at radius 2 is 1.97 bits per heavy atom. The molecule has 34 heavy (non-hydrogen) atoms. The lowest BCUT2D eigenvalue weighted by molar-refractivity contribution is -0.141. The van der Waals surface area contributed by atoms with Crippen LogP contribution in [-0.4, -0.2) is 45.5 Å². The molecule has 6 rings (SSSR count). The number of hydrogen-bond donors (Lipinski definition) is 2. The molecule has 1 fully saturated rings. The first-order valence-electron chi connectivity index (χ1n) is 10.3. The van der Waals surface area contributed by atoms with E-state index in [0.717, 1.165) is 28.7 Å². The van der Waals surface area contributed by atoms with Gasteiger partial charge in [0, 0.05) is 41.9 Å². The van der Waals surface area contributed by atoms with Crippen LogP contribution in [0.1, 0.15) is 24.3 Å². The first-order chi connectivity index (χ1) is 16.3. The highest BCUT2D eigenvalue weighted by molar-refractivity contribution is 5.77. The van der Waals surface area contributed by atoms with Crippen LogP contribution in [-0.2, 0) is 6.54 Å². The predicted molar refractivity (Wildman–Crippen MR) is 115 cm³/mol. The standard InChI is InChI=1S/C13H11N5O2.C8H6F3N3/c19-12-9(6-15-13(20)16-12)10-5-8(7-1-2-7)11-14-3-4-18(11)17-10;9-8(10,11)5-14-7-1-2-12-3-6(7)4-13-14/h3-7H,1-2H2,(H2,15,16,19,20);1-4H,5H2. The molecule has 0 saturated heterocycles. The third-order valence-corrected chi connectivity index (χ3v) is 5.27. The monoisotopic (exact) mass is 470 g/mol. The first kappa shape index (κ1) is 21.6. The van der Waals surface area contributed by atoms with Gasteiger partial charge in [0.2, 0.25) is 0 Å². The Balaban J connectivity index is 0.000000152. The van der Waals surface area contributed by atoms with Crippen molar-refractivity contribution >= 4 is 16.6 Å². The molecule has 0 amide bonds. The van der Waals surface area contributed by atoms with Gasteiger partial charge < -0.3 is 4.98 Å². The maximum Gasteiger partial charge on any atom is 0.408 e. The van der Waals surface area contributed by atoms with Gasteiger partial charge in [-0.2, -0.15) is 23.4 Å². The first-order valence-corrected chi connectivity index (χ1v) is 10.3. The number of nitrogens with zero attached hydrogens (tertiary/aromatic N) is 6. The number of aromatic amines is 2. The molecule has 0 aromatic carbocycles. The molecule has 0 atom stereocenters. The Kier molecular flexibility index (Phi) is 5.23. The fourth-order valence-corrected chi connectivity index (χ4v) is 3.59. The normalized spacial score (nSPS) is 13.7. The van der Waals surface area contributed by atoms with E-state index in [4.69, 9.17) is 0 Å². The molecule has 5 heterocycles. The van der Waals surface area contributed by atoms with Crippen molar-refractivity contribution in [3.8, 4) is 11.3 Å². The summed E-state index contributed by atoms with van der Waals surface area (Å²) in [7, 11) is 0. The van der Waals surface area contributed by atoms with Gasteiger partial charge in [0.15, 0.2) is 5.65 Å². The molecule has 5 aromatic rings. The van der Waals surface area contributed by atoms with E-state index >= 15 is 0 Å². The van der Waals surface area contributed by atoms with E-state index in [0.29, 0.717) is 28.1 Å². The smallest absolute Gasteiger partial charge is 0.313 e. The van der Waals surface area contributed by atoms with Crippen molar-refractivity contribution in [3.05, 3.63) is 75.7 Å². The summed E-state index contributed by atoms with van der Waals surface area (Å²) in [6.07, 6.45) is 7.15. The fraction of sp³-hybridized carbons (Fsp3) is 0.238. The van der Waals surface area contributed by atoms with Crippen molar-refractivity contribution in [2.45, 2.75) is 31.5 Å². The Labute approximate surface area is 188 Å². The minimum Gasteiger partial charge on any atom is -0.313 e. The van der Waals surface area contributed by atoms with Crippen LogP contribution in [0.4, 0.5) is 13.2 Å². The maximum absolute atomic E-state index is 12.1. The van der Waals surface area contributed by atoms with Gasteiger partial charge in [0.05, 0.1) is 23.0 Å². The zero-order valence-corrected chi connectivity index (χ0v) is 17.5. The highest BCUT2D eigenvalue weighted by Gasteiger charge is 2.29. The lowest BCUT2D eigenvalue weighted by Gasteiger charge is -2.06. The second-order valence-electron chi connectivity index (χ2n) is 7.79. The van der Waals surface area contributed by atoms with Crippen LogP contribution < -0.4 is 11.2 Å². The number of rotatable bonds is 3. The Morgan fingerprint density at radius 3 is 2.71 bits per heavy atom. The number of H-pyrrole nitrogens is 2. The second-order valence-corrected chi connectivity index (χ2v) is 7.79. The number of imidazole rings is 1. The van der Waals surface area contributed by atoms with Crippen LogP contribution in [0.2, 0.25) is 0 Å². The van der Waals surface area contributed by atoms with E-state index < -0.39 is 24.0 Å². The summed E-state index contributed by atoms with van der Waals surface area (Å²) in [5, 5.41) is 8.62. The van der Waals surface area contributed by atoms with Gasteiger partial charge in [-0.1, -0.05) is 0 Å². The summed E-state index contributed by atoms with van der Waals surface area (Å²) in [5.74, 6) is 0.489. The number of alkyl halides is 3. The molecule has 1 aliphatic carbocycles. The van der Waals surface area contributed by atoms with Gasteiger partial charge in [-0.05, 0) is 30.9 Å². The fourth-order valence-electron chi connectivity index (χ4n) is 3.59. The van der Waals surface area contributed by atoms with E-state index in [1.807, 2.05) is 6.07 Å². The number of pyridine rings is 1. The highest BCUT2D eigenvalue weighted by atomic mass is 19.4. The average Bonchev–Trinajstić information content (AvgIpc) is 3.39. The summed E-state index contributed by atoms with van der Waals surface area (Å²) < 4.78 is 38.8. The van der Waals surface area contributed by atoms with Gasteiger partial charge in [0.25, 0.3) is 5.56 Å².